The highest BCUT2D eigenvalue weighted by Crippen LogP contribution is 2.32. The van der Waals surface area contributed by atoms with E-state index in [9.17, 15) is 22.4 Å². The molecule has 0 saturated heterocycles. The van der Waals surface area contributed by atoms with Crippen LogP contribution in [0.5, 0.6) is 5.75 Å². The lowest BCUT2D eigenvalue weighted by Gasteiger charge is -2.35. The standard InChI is InChI=1S/C35H37ClFN3O5S/c1-35(2,3)38-34(42)31(21-25-11-7-5-8-12-25)39(23-26-15-17-27(37)18-16-26)33(41)24-40(28-19-20-32(45-4)30(36)22-28)46(43,44)29-13-9-6-10-14-29/h5-20,22,31H,21,23-24H2,1-4H3,(H,38,42)/t31-/m1/s1. The third-order valence-corrected chi connectivity index (χ3v) is 9.15. The van der Waals surface area contributed by atoms with E-state index in [1.54, 1.807) is 18.2 Å². The molecule has 0 aliphatic rings. The van der Waals surface area contributed by atoms with Gasteiger partial charge in [-0.2, -0.15) is 0 Å². The van der Waals surface area contributed by atoms with Gasteiger partial charge in [0.15, 0.2) is 0 Å². The maximum absolute atomic E-state index is 14.5. The molecule has 0 heterocycles. The Balaban J connectivity index is 1.83. The maximum Gasteiger partial charge on any atom is 0.264 e. The zero-order chi connectivity index (χ0) is 33.5. The summed E-state index contributed by atoms with van der Waals surface area (Å²) in [5.41, 5.74) is 0.855. The normalized spacial score (nSPS) is 12.2. The number of sulfonamides is 1. The topological polar surface area (TPSA) is 96.0 Å². The molecule has 0 unspecified atom stereocenters. The highest BCUT2D eigenvalue weighted by atomic mass is 35.5. The van der Waals surface area contributed by atoms with Crippen molar-refractivity contribution in [3.05, 3.63) is 125 Å². The number of amides is 2. The first-order valence-corrected chi connectivity index (χ1v) is 16.4. The highest BCUT2D eigenvalue weighted by Gasteiger charge is 2.35. The van der Waals surface area contributed by atoms with Gasteiger partial charge in [-0.15, -0.1) is 0 Å². The Morgan fingerprint density at radius 3 is 2.07 bits per heavy atom. The average Bonchev–Trinajstić information content (AvgIpc) is 3.02. The lowest BCUT2D eigenvalue weighted by Crippen LogP contribution is -2.56. The summed E-state index contributed by atoms with van der Waals surface area (Å²) >= 11 is 6.41. The Kier molecular flexibility index (Phi) is 11.1. The van der Waals surface area contributed by atoms with Gasteiger partial charge >= 0.3 is 0 Å². The molecule has 4 aromatic carbocycles. The van der Waals surface area contributed by atoms with E-state index < -0.39 is 45.8 Å². The number of carbonyl (C=O) groups excluding carboxylic acids is 2. The molecule has 0 spiro atoms. The minimum Gasteiger partial charge on any atom is -0.495 e. The van der Waals surface area contributed by atoms with Gasteiger partial charge in [0.25, 0.3) is 10.0 Å². The summed E-state index contributed by atoms with van der Waals surface area (Å²) in [5, 5.41) is 3.12. The van der Waals surface area contributed by atoms with Crippen LogP contribution in [0.4, 0.5) is 10.1 Å². The Morgan fingerprint density at radius 1 is 0.891 bits per heavy atom. The number of anilines is 1. The van der Waals surface area contributed by atoms with Gasteiger partial charge in [0.2, 0.25) is 11.8 Å². The van der Waals surface area contributed by atoms with Crippen molar-refractivity contribution in [3.63, 3.8) is 0 Å². The Hall–Kier alpha value is -4.41. The molecule has 0 radical (unpaired) electrons. The molecule has 0 aliphatic heterocycles. The van der Waals surface area contributed by atoms with Crippen molar-refractivity contribution >= 4 is 39.1 Å². The summed E-state index contributed by atoms with van der Waals surface area (Å²) in [7, 11) is -2.86. The summed E-state index contributed by atoms with van der Waals surface area (Å²) in [6, 6.07) is 25.9. The molecule has 4 aromatic rings. The average molecular weight is 666 g/mol. The Labute approximate surface area is 274 Å². The lowest BCUT2D eigenvalue weighted by atomic mass is 10.0. The largest absolute Gasteiger partial charge is 0.495 e. The quantitative estimate of drug-likeness (QED) is 0.193. The molecule has 0 aliphatic carbocycles. The molecule has 0 bridgehead atoms. The maximum atomic E-state index is 14.5. The van der Waals surface area contributed by atoms with Crippen molar-refractivity contribution in [2.24, 2.45) is 0 Å². The molecular weight excluding hydrogens is 629 g/mol. The van der Waals surface area contributed by atoms with Gasteiger partial charge in [0.05, 0.1) is 22.7 Å². The number of nitrogens with zero attached hydrogens (tertiary/aromatic N) is 2. The van der Waals surface area contributed by atoms with Crippen molar-refractivity contribution in [3.8, 4) is 5.75 Å². The van der Waals surface area contributed by atoms with E-state index in [4.69, 9.17) is 16.3 Å². The minimum absolute atomic E-state index is 0.0360. The van der Waals surface area contributed by atoms with Gasteiger partial charge < -0.3 is 15.0 Å². The molecule has 0 fully saturated rings. The molecular formula is C35H37ClFN3O5S. The second-order valence-corrected chi connectivity index (χ2v) is 14.0. The number of methoxy groups -OCH3 is 1. The van der Waals surface area contributed by atoms with Crippen molar-refractivity contribution in [2.45, 2.75) is 50.2 Å². The van der Waals surface area contributed by atoms with Crippen molar-refractivity contribution in [2.75, 3.05) is 18.0 Å². The van der Waals surface area contributed by atoms with E-state index in [2.05, 4.69) is 5.32 Å². The third kappa shape index (κ3) is 8.86. The predicted octanol–water partition coefficient (Wildman–Crippen LogP) is 6.24. The van der Waals surface area contributed by atoms with E-state index in [0.29, 0.717) is 11.3 Å². The summed E-state index contributed by atoms with van der Waals surface area (Å²) < 4.78 is 48.3. The van der Waals surface area contributed by atoms with Gasteiger partial charge in [0.1, 0.15) is 24.2 Å². The Bertz CT molecular complexity index is 1750. The SMILES string of the molecule is COc1ccc(N(CC(=O)N(Cc2ccc(F)cc2)[C@H](Cc2ccccc2)C(=O)NC(C)(C)C)S(=O)(=O)c2ccccc2)cc1Cl. The first kappa shape index (κ1) is 34.5. The first-order valence-electron chi connectivity index (χ1n) is 14.6. The van der Waals surface area contributed by atoms with E-state index in [1.165, 1.54) is 66.6 Å². The fourth-order valence-electron chi connectivity index (χ4n) is 4.85. The molecule has 11 heteroatoms. The smallest absolute Gasteiger partial charge is 0.264 e. The molecule has 2 amide bonds. The number of hydrogen-bond donors (Lipinski definition) is 1. The molecule has 46 heavy (non-hydrogen) atoms. The zero-order valence-corrected chi connectivity index (χ0v) is 27.7. The Morgan fingerprint density at radius 2 is 1.50 bits per heavy atom. The summed E-state index contributed by atoms with van der Waals surface area (Å²) in [4.78, 5) is 29.7. The van der Waals surface area contributed by atoms with Crippen LogP contribution in [0.15, 0.2) is 108 Å². The summed E-state index contributed by atoms with van der Waals surface area (Å²) in [6.07, 6.45) is 0.148. The highest BCUT2D eigenvalue weighted by molar-refractivity contribution is 7.92. The van der Waals surface area contributed by atoms with Gasteiger partial charge in [-0.05, 0) is 74.4 Å². The third-order valence-electron chi connectivity index (χ3n) is 7.07. The van der Waals surface area contributed by atoms with Crippen LogP contribution in [-0.2, 0) is 32.6 Å². The van der Waals surface area contributed by atoms with Crippen LogP contribution in [0, 0.1) is 5.82 Å². The summed E-state index contributed by atoms with van der Waals surface area (Å²) in [6.45, 7) is 4.75. The first-order chi connectivity index (χ1) is 21.8. The van der Waals surface area contributed by atoms with E-state index in [1.807, 2.05) is 51.1 Å². The van der Waals surface area contributed by atoms with Crippen molar-refractivity contribution in [1.82, 2.24) is 10.2 Å². The number of nitrogens with one attached hydrogen (secondary N) is 1. The van der Waals surface area contributed by atoms with Crippen LogP contribution in [0.25, 0.3) is 0 Å². The van der Waals surface area contributed by atoms with Gasteiger partial charge in [-0.3, -0.25) is 13.9 Å². The monoisotopic (exact) mass is 665 g/mol. The van der Waals surface area contributed by atoms with Gasteiger partial charge in [-0.1, -0.05) is 72.3 Å². The van der Waals surface area contributed by atoms with Crippen molar-refractivity contribution < 1.29 is 27.1 Å². The number of carbonyl (C=O) groups is 2. The van der Waals surface area contributed by atoms with Crippen LogP contribution in [0.3, 0.4) is 0 Å². The van der Waals surface area contributed by atoms with Crippen LogP contribution < -0.4 is 14.4 Å². The van der Waals surface area contributed by atoms with Gasteiger partial charge in [0, 0.05) is 18.5 Å². The van der Waals surface area contributed by atoms with Gasteiger partial charge in [-0.25, -0.2) is 12.8 Å². The van der Waals surface area contributed by atoms with E-state index in [-0.39, 0.29) is 28.6 Å². The van der Waals surface area contributed by atoms with E-state index >= 15 is 0 Å². The number of ether oxygens (including phenoxy) is 1. The lowest BCUT2D eigenvalue weighted by molar-refractivity contribution is -0.140. The van der Waals surface area contributed by atoms with Crippen LogP contribution in [0.1, 0.15) is 31.9 Å². The minimum atomic E-state index is -4.29. The molecule has 8 nitrogen and oxygen atoms in total. The second-order valence-electron chi connectivity index (χ2n) is 11.7. The second kappa shape index (κ2) is 14.8. The fraction of sp³-hybridized carbons (Fsp3) is 0.257. The van der Waals surface area contributed by atoms with Crippen LogP contribution >= 0.6 is 11.6 Å². The predicted molar refractivity (Wildman–Crippen MR) is 178 cm³/mol. The molecule has 242 valence electrons. The van der Waals surface area contributed by atoms with Crippen molar-refractivity contribution in [1.29, 1.82) is 0 Å². The van der Waals surface area contributed by atoms with Crippen LogP contribution in [-0.4, -0.2) is 50.4 Å². The van der Waals surface area contributed by atoms with Crippen LogP contribution in [0.2, 0.25) is 5.02 Å². The fourth-order valence-corrected chi connectivity index (χ4v) is 6.53. The molecule has 1 N–H and O–H groups in total. The molecule has 1 atom stereocenters. The number of halogens is 2. The number of hydrogen-bond acceptors (Lipinski definition) is 5. The molecule has 0 saturated carbocycles. The van der Waals surface area contributed by atoms with E-state index in [0.717, 1.165) is 9.87 Å². The zero-order valence-electron chi connectivity index (χ0n) is 26.1. The molecule has 0 aromatic heterocycles. The number of benzene rings is 4. The number of rotatable bonds is 12. The summed E-state index contributed by atoms with van der Waals surface area (Å²) in [5.74, 6) is -1.20. The molecule has 4 rings (SSSR count).